The van der Waals surface area contributed by atoms with Gasteiger partial charge in [-0.1, -0.05) is 11.6 Å². The number of hydrogen-bond donors (Lipinski definition) is 2. The van der Waals surface area contributed by atoms with Crippen molar-refractivity contribution in [3.8, 4) is 5.75 Å². The zero-order valence-electron chi connectivity index (χ0n) is 13.2. The number of aromatic hydroxyl groups is 1. The molecule has 1 aliphatic rings. The van der Waals surface area contributed by atoms with Gasteiger partial charge in [0.25, 0.3) is 11.6 Å². The average Bonchev–Trinajstić information content (AvgIpc) is 3.12. The van der Waals surface area contributed by atoms with Gasteiger partial charge in [0.2, 0.25) is 0 Å². The van der Waals surface area contributed by atoms with Crippen molar-refractivity contribution in [3.63, 3.8) is 0 Å². The van der Waals surface area contributed by atoms with Crippen molar-refractivity contribution >= 4 is 34.6 Å². The average molecular weight is 362 g/mol. The summed E-state index contributed by atoms with van der Waals surface area (Å²) in [6.45, 7) is 1.53. The molecule has 1 amide bonds. The monoisotopic (exact) mass is 361 g/mol. The van der Waals surface area contributed by atoms with Gasteiger partial charge in [0.15, 0.2) is 0 Å². The molecule has 3 rings (SSSR count). The van der Waals surface area contributed by atoms with Crippen LogP contribution in [0.3, 0.4) is 0 Å². The van der Waals surface area contributed by atoms with E-state index in [1.165, 1.54) is 30.3 Å². The van der Waals surface area contributed by atoms with Crippen molar-refractivity contribution in [1.29, 1.82) is 0 Å². The van der Waals surface area contributed by atoms with Crippen LogP contribution in [-0.2, 0) is 0 Å². The SMILES string of the molecule is O=C(Nc1cc(Cl)ccc1O)c1ccc(N2CCCC2)c([N+](=O)[O-])c1. The summed E-state index contributed by atoms with van der Waals surface area (Å²) < 4.78 is 0. The highest BCUT2D eigenvalue weighted by atomic mass is 35.5. The Balaban J connectivity index is 1.89. The fourth-order valence-electron chi connectivity index (χ4n) is 2.84. The lowest BCUT2D eigenvalue weighted by Crippen LogP contribution is -2.19. The molecule has 1 fully saturated rings. The summed E-state index contributed by atoms with van der Waals surface area (Å²) in [5, 5.41) is 24.0. The van der Waals surface area contributed by atoms with Gasteiger partial charge in [-0.2, -0.15) is 0 Å². The Morgan fingerprint density at radius 2 is 1.92 bits per heavy atom. The maximum absolute atomic E-state index is 12.4. The van der Waals surface area contributed by atoms with Gasteiger partial charge in [0.1, 0.15) is 11.4 Å². The molecule has 2 aromatic carbocycles. The van der Waals surface area contributed by atoms with Gasteiger partial charge < -0.3 is 15.3 Å². The minimum atomic E-state index is -0.561. The lowest BCUT2D eigenvalue weighted by molar-refractivity contribution is -0.384. The van der Waals surface area contributed by atoms with Crippen LogP contribution < -0.4 is 10.2 Å². The molecule has 2 aromatic rings. The number of nitrogens with one attached hydrogen (secondary N) is 1. The highest BCUT2D eigenvalue weighted by Gasteiger charge is 2.24. The van der Waals surface area contributed by atoms with Gasteiger partial charge in [-0.25, -0.2) is 0 Å². The Morgan fingerprint density at radius 3 is 2.60 bits per heavy atom. The second-order valence-electron chi connectivity index (χ2n) is 5.77. The van der Waals surface area contributed by atoms with Gasteiger partial charge in [-0.15, -0.1) is 0 Å². The van der Waals surface area contributed by atoms with Gasteiger partial charge in [0, 0.05) is 29.7 Å². The molecule has 0 saturated carbocycles. The number of carbonyl (C=O) groups excluding carboxylic acids is 1. The van der Waals surface area contributed by atoms with Gasteiger partial charge in [-0.3, -0.25) is 14.9 Å². The topological polar surface area (TPSA) is 95.7 Å². The minimum Gasteiger partial charge on any atom is -0.506 e. The summed E-state index contributed by atoms with van der Waals surface area (Å²) in [5.74, 6) is -0.699. The number of anilines is 2. The molecule has 0 spiro atoms. The zero-order chi connectivity index (χ0) is 18.0. The number of halogens is 1. The first-order chi connectivity index (χ1) is 12.0. The molecule has 7 nitrogen and oxygen atoms in total. The number of carbonyl (C=O) groups is 1. The molecule has 0 unspecified atom stereocenters. The maximum atomic E-state index is 12.4. The van der Waals surface area contributed by atoms with E-state index in [4.69, 9.17) is 11.6 Å². The van der Waals surface area contributed by atoms with Crippen LogP contribution in [0.5, 0.6) is 5.75 Å². The molecule has 1 saturated heterocycles. The normalized spacial score (nSPS) is 13.7. The van der Waals surface area contributed by atoms with Gasteiger partial charge in [-0.05, 0) is 43.2 Å². The van der Waals surface area contributed by atoms with E-state index in [2.05, 4.69) is 5.32 Å². The van der Waals surface area contributed by atoms with Crippen LogP contribution in [0.2, 0.25) is 5.02 Å². The second kappa shape index (κ2) is 6.98. The first-order valence-corrected chi connectivity index (χ1v) is 8.17. The van der Waals surface area contributed by atoms with E-state index >= 15 is 0 Å². The lowest BCUT2D eigenvalue weighted by Gasteiger charge is -2.17. The highest BCUT2D eigenvalue weighted by Crippen LogP contribution is 2.32. The van der Waals surface area contributed by atoms with Gasteiger partial charge >= 0.3 is 0 Å². The predicted molar refractivity (Wildman–Crippen MR) is 95.6 cm³/mol. The molecule has 1 aliphatic heterocycles. The molecule has 0 aromatic heterocycles. The number of hydrogen-bond acceptors (Lipinski definition) is 5. The Bertz CT molecular complexity index is 835. The molecular weight excluding hydrogens is 346 g/mol. The van der Waals surface area contributed by atoms with Crippen molar-refractivity contribution in [2.75, 3.05) is 23.3 Å². The highest BCUT2D eigenvalue weighted by molar-refractivity contribution is 6.31. The van der Waals surface area contributed by atoms with E-state index in [9.17, 15) is 20.0 Å². The third kappa shape index (κ3) is 3.66. The largest absolute Gasteiger partial charge is 0.506 e. The van der Waals surface area contributed by atoms with E-state index in [1.54, 1.807) is 6.07 Å². The quantitative estimate of drug-likeness (QED) is 0.490. The molecule has 130 valence electrons. The summed E-state index contributed by atoms with van der Waals surface area (Å²) in [4.78, 5) is 25.2. The van der Waals surface area contributed by atoms with Crippen LogP contribution in [0, 0.1) is 10.1 Å². The molecule has 0 radical (unpaired) electrons. The van der Waals surface area contributed by atoms with Crippen LogP contribution in [-0.4, -0.2) is 29.0 Å². The summed E-state index contributed by atoms with van der Waals surface area (Å²) in [6.07, 6.45) is 1.99. The van der Waals surface area contributed by atoms with E-state index in [-0.39, 0.29) is 22.7 Å². The first-order valence-electron chi connectivity index (χ1n) is 7.79. The van der Waals surface area contributed by atoms with Crippen LogP contribution in [0.1, 0.15) is 23.2 Å². The molecule has 8 heteroatoms. The smallest absolute Gasteiger partial charge is 0.293 e. The van der Waals surface area contributed by atoms with E-state index in [0.29, 0.717) is 10.7 Å². The number of amides is 1. The van der Waals surface area contributed by atoms with Crippen molar-refractivity contribution in [3.05, 3.63) is 57.1 Å². The van der Waals surface area contributed by atoms with Crippen LogP contribution >= 0.6 is 11.6 Å². The summed E-state index contributed by atoms with van der Waals surface area (Å²) in [5.41, 5.74) is 0.687. The second-order valence-corrected chi connectivity index (χ2v) is 6.21. The number of nitrogens with zero attached hydrogens (tertiary/aromatic N) is 2. The van der Waals surface area contributed by atoms with Crippen molar-refractivity contribution in [2.45, 2.75) is 12.8 Å². The van der Waals surface area contributed by atoms with Crippen molar-refractivity contribution < 1.29 is 14.8 Å². The number of phenols is 1. The third-order valence-electron chi connectivity index (χ3n) is 4.09. The molecule has 0 bridgehead atoms. The van der Waals surface area contributed by atoms with E-state index in [0.717, 1.165) is 25.9 Å². The Kier molecular flexibility index (Phi) is 4.76. The predicted octanol–water partition coefficient (Wildman–Crippen LogP) is 3.81. The molecule has 2 N–H and O–H groups in total. The Morgan fingerprint density at radius 1 is 1.20 bits per heavy atom. The number of nitro benzene ring substituents is 1. The maximum Gasteiger partial charge on any atom is 0.293 e. The van der Waals surface area contributed by atoms with Crippen molar-refractivity contribution in [1.82, 2.24) is 0 Å². The number of benzene rings is 2. The third-order valence-corrected chi connectivity index (χ3v) is 4.32. The fraction of sp³-hybridized carbons (Fsp3) is 0.235. The molecule has 0 aliphatic carbocycles. The van der Waals surface area contributed by atoms with Crippen molar-refractivity contribution in [2.24, 2.45) is 0 Å². The number of phenolic OH excluding ortho intramolecular Hbond substituents is 1. The van der Waals surface area contributed by atoms with Crippen LogP contribution in [0.25, 0.3) is 0 Å². The zero-order valence-corrected chi connectivity index (χ0v) is 14.0. The molecular formula is C17H16ClN3O4. The molecule has 25 heavy (non-hydrogen) atoms. The standard InChI is InChI=1S/C17H16ClN3O4/c18-12-4-6-16(22)13(10-12)19-17(23)11-3-5-14(15(9-11)21(24)25)20-7-1-2-8-20/h3-6,9-10,22H,1-2,7-8H2,(H,19,23). The Labute approximate surface area is 149 Å². The summed E-state index contributed by atoms with van der Waals surface area (Å²) >= 11 is 5.85. The fourth-order valence-corrected chi connectivity index (χ4v) is 3.01. The number of rotatable bonds is 4. The van der Waals surface area contributed by atoms with Crippen LogP contribution in [0.4, 0.5) is 17.1 Å². The number of nitro groups is 1. The summed E-state index contributed by atoms with van der Waals surface area (Å²) in [6, 6.07) is 8.64. The van der Waals surface area contributed by atoms with E-state index in [1.807, 2.05) is 4.90 Å². The minimum absolute atomic E-state index is 0.107. The lowest BCUT2D eigenvalue weighted by atomic mass is 10.1. The van der Waals surface area contributed by atoms with E-state index < -0.39 is 10.8 Å². The first kappa shape index (κ1) is 17.0. The molecule has 0 atom stereocenters. The van der Waals surface area contributed by atoms with Gasteiger partial charge in [0.05, 0.1) is 10.6 Å². The summed E-state index contributed by atoms with van der Waals surface area (Å²) in [7, 11) is 0. The van der Waals surface area contributed by atoms with Crippen LogP contribution in [0.15, 0.2) is 36.4 Å². The molecule has 1 heterocycles. The Hall–Kier alpha value is -2.80.